The zero-order valence-electron chi connectivity index (χ0n) is 15.3. The van der Waals surface area contributed by atoms with Gasteiger partial charge in [0.25, 0.3) is 0 Å². The quantitative estimate of drug-likeness (QED) is 0.636. The standard InChI is InChI=1S/C21H17ClN2O4S/c1-29(26,27)24-17-11-10-13(12-16(17)22)23-21(25)20-14-6-2-4-8-18(14)28-19-9-5-3-7-15(19)20/h2-12,20,24H,1H3,(H,23,25). The van der Waals surface area contributed by atoms with Gasteiger partial charge in [0.05, 0.1) is 22.9 Å². The van der Waals surface area contributed by atoms with Crippen LogP contribution in [0.25, 0.3) is 0 Å². The van der Waals surface area contributed by atoms with Gasteiger partial charge in [0.15, 0.2) is 0 Å². The van der Waals surface area contributed by atoms with Crippen LogP contribution < -0.4 is 14.8 Å². The Kier molecular flexibility index (Phi) is 4.94. The van der Waals surface area contributed by atoms with E-state index in [1.54, 1.807) is 6.07 Å². The summed E-state index contributed by atoms with van der Waals surface area (Å²) in [6.07, 6.45) is 1.04. The lowest BCUT2D eigenvalue weighted by atomic mass is 9.87. The van der Waals surface area contributed by atoms with Crippen LogP contribution >= 0.6 is 11.6 Å². The van der Waals surface area contributed by atoms with Crippen LogP contribution in [0.1, 0.15) is 17.0 Å². The van der Waals surface area contributed by atoms with Gasteiger partial charge in [-0.25, -0.2) is 8.42 Å². The maximum absolute atomic E-state index is 13.2. The van der Waals surface area contributed by atoms with E-state index in [9.17, 15) is 13.2 Å². The molecule has 0 saturated heterocycles. The molecule has 0 atom stereocenters. The molecule has 1 heterocycles. The number of anilines is 2. The van der Waals surface area contributed by atoms with E-state index in [0.29, 0.717) is 17.2 Å². The van der Waals surface area contributed by atoms with Crippen LogP contribution in [-0.2, 0) is 14.8 Å². The largest absolute Gasteiger partial charge is 0.457 e. The van der Waals surface area contributed by atoms with E-state index >= 15 is 0 Å². The molecule has 0 aliphatic carbocycles. The number of benzene rings is 3. The first-order valence-electron chi connectivity index (χ1n) is 8.76. The molecule has 1 aliphatic rings. The van der Waals surface area contributed by atoms with Gasteiger partial charge < -0.3 is 10.1 Å². The average molecular weight is 429 g/mol. The van der Waals surface area contributed by atoms with Gasteiger partial charge in [-0.3, -0.25) is 9.52 Å². The van der Waals surface area contributed by atoms with Gasteiger partial charge in [-0.15, -0.1) is 0 Å². The van der Waals surface area contributed by atoms with Crippen LogP contribution in [0, 0.1) is 0 Å². The van der Waals surface area contributed by atoms with Crippen molar-refractivity contribution in [2.24, 2.45) is 0 Å². The number of hydrogen-bond acceptors (Lipinski definition) is 4. The summed E-state index contributed by atoms with van der Waals surface area (Å²) in [5, 5.41) is 3.05. The highest BCUT2D eigenvalue weighted by Crippen LogP contribution is 2.44. The van der Waals surface area contributed by atoms with Gasteiger partial charge in [0.2, 0.25) is 15.9 Å². The SMILES string of the molecule is CS(=O)(=O)Nc1ccc(NC(=O)C2c3ccccc3Oc3ccccc32)cc1Cl. The number of carbonyl (C=O) groups excluding carboxylic acids is 1. The molecule has 0 bridgehead atoms. The topological polar surface area (TPSA) is 84.5 Å². The van der Waals surface area contributed by atoms with Crippen molar-refractivity contribution in [2.75, 3.05) is 16.3 Å². The Labute approximate surface area is 173 Å². The number of rotatable bonds is 4. The fourth-order valence-corrected chi connectivity index (χ4v) is 4.14. The lowest BCUT2D eigenvalue weighted by Gasteiger charge is -2.27. The Balaban J connectivity index is 1.65. The second kappa shape index (κ2) is 7.42. The third-order valence-corrected chi connectivity index (χ3v) is 5.38. The van der Waals surface area contributed by atoms with Crippen molar-refractivity contribution in [2.45, 2.75) is 5.92 Å². The lowest BCUT2D eigenvalue weighted by Crippen LogP contribution is -2.25. The number of nitrogens with one attached hydrogen (secondary N) is 2. The first kappa shape index (κ1) is 19.3. The third-order valence-electron chi connectivity index (χ3n) is 4.47. The summed E-state index contributed by atoms with van der Waals surface area (Å²) in [5.74, 6) is 0.478. The van der Waals surface area contributed by atoms with Gasteiger partial charge in [-0.1, -0.05) is 48.0 Å². The molecule has 29 heavy (non-hydrogen) atoms. The van der Waals surface area contributed by atoms with Crippen molar-refractivity contribution in [1.29, 1.82) is 0 Å². The predicted octanol–water partition coefficient (Wildman–Crippen LogP) is 4.59. The highest BCUT2D eigenvalue weighted by atomic mass is 35.5. The van der Waals surface area contributed by atoms with Gasteiger partial charge >= 0.3 is 0 Å². The summed E-state index contributed by atoms with van der Waals surface area (Å²) in [6.45, 7) is 0. The molecule has 8 heteroatoms. The number of amides is 1. The van der Waals surface area contributed by atoms with E-state index in [0.717, 1.165) is 17.4 Å². The Hall–Kier alpha value is -3.03. The fraction of sp³-hybridized carbons (Fsp3) is 0.0952. The maximum Gasteiger partial charge on any atom is 0.236 e. The zero-order chi connectivity index (χ0) is 20.6. The summed E-state index contributed by atoms with van der Waals surface area (Å²) >= 11 is 6.17. The molecule has 0 spiro atoms. The first-order chi connectivity index (χ1) is 13.8. The predicted molar refractivity (Wildman–Crippen MR) is 113 cm³/mol. The summed E-state index contributed by atoms with van der Waals surface area (Å²) in [4.78, 5) is 13.2. The minimum atomic E-state index is -3.46. The number of ether oxygens (including phenoxy) is 1. The second-order valence-corrected chi connectivity index (χ2v) is 8.82. The zero-order valence-corrected chi connectivity index (χ0v) is 16.9. The number of halogens is 1. The smallest absolute Gasteiger partial charge is 0.236 e. The van der Waals surface area contributed by atoms with Crippen LogP contribution in [0.15, 0.2) is 66.7 Å². The maximum atomic E-state index is 13.2. The molecule has 0 fully saturated rings. The molecule has 2 N–H and O–H groups in total. The minimum Gasteiger partial charge on any atom is -0.457 e. The third kappa shape index (κ3) is 4.06. The van der Waals surface area contributed by atoms with Crippen LogP contribution in [0.2, 0.25) is 5.02 Å². The van der Waals surface area contributed by atoms with Gasteiger partial charge in [0.1, 0.15) is 11.5 Å². The van der Waals surface area contributed by atoms with Crippen molar-refractivity contribution >= 4 is 38.9 Å². The van der Waals surface area contributed by atoms with Crippen molar-refractivity contribution in [3.63, 3.8) is 0 Å². The van der Waals surface area contributed by atoms with E-state index < -0.39 is 15.9 Å². The van der Waals surface area contributed by atoms with Crippen molar-refractivity contribution in [1.82, 2.24) is 0 Å². The summed E-state index contributed by atoms with van der Waals surface area (Å²) in [6, 6.07) is 19.4. The second-order valence-electron chi connectivity index (χ2n) is 6.67. The molecular weight excluding hydrogens is 412 g/mol. The van der Waals surface area contributed by atoms with Crippen LogP contribution in [-0.4, -0.2) is 20.6 Å². The molecule has 148 valence electrons. The van der Waals surface area contributed by atoms with Gasteiger partial charge in [-0.2, -0.15) is 0 Å². The average Bonchev–Trinajstić information content (AvgIpc) is 2.67. The van der Waals surface area contributed by atoms with Crippen LogP contribution in [0.4, 0.5) is 11.4 Å². The molecule has 3 aromatic carbocycles. The van der Waals surface area contributed by atoms with Gasteiger partial charge in [0, 0.05) is 16.8 Å². The monoisotopic (exact) mass is 428 g/mol. The minimum absolute atomic E-state index is 0.181. The molecule has 0 radical (unpaired) electrons. The highest BCUT2D eigenvalue weighted by Gasteiger charge is 2.32. The Morgan fingerprint density at radius 1 is 0.966 bits per heavy atom. The van der Waals surface area contributed by atoms with E-state index in [1.807, 2.05) is 48.5 Å². The van der Waals surface area contributed by atoms with E-state index in [2.05, 4.69) is 10.0 Å². The number of para-hydroxylation sites is 2. The molecule has 1 aliphatic heterocycles. The van der Waals surface area contributed by atoms with Crippen LogP contribution in [0.5, 0.6) is 11.5 Å². The van der Waals surface area contributed by atoms with Crippen molar-refractivity contribution in [3.8, 4) is 11.5 Å². The fourth-order valence-electron chi connectivity index (χ4n) is 3.28. The summed E-state index contributed by atoms with van der Waals surface area (Å²) < 4.78 is 31.1. The summed E-state index contributed by atoms with van der Waals surface area (Å²) in [5.41, 5.74) is 2.24. The highest BCUT2D eigenvalue weighted by molar-refractivity contribution is 7.92. The molecule has 0 saturated carbocycles. The lowest BCUT2D eigenvalue weighted by molar-refractivity contribution is -0.116. The molecule has 6 nitrogen and oxygen atoms in total. The Morgan fingerprint density at radius 3 is 2.10 bits per heavy atom. The van der Waals surface area contributed by atoms with Crippen LogP contribution in [0.3, 0.4) is 0 Å². The van der Waals surface area contributed by atoms with Crippen molar-refractivity contribution in [3.05, 3.63) is 82.9 Å². The molecular formula is C21H17ClN2O4S. The molecule has 3 aromatic rings. The van der Waals surface area contributed by atoms with Gasteiger partial charge in [-0.05, 0) is 30.3 Å². The molecule has 0 unspecified atom stereocenters. The van der Waals surface area contributed by atoms with E-state index in [-0.39, 0.29) is 16.6 Å². The normalized spacial score (nSPS) is 13.0. The Bertz CT molecular complexity index is 1170. The molecule has 4 rings (SSSR count). The van der Waals surface area contributed by atoms with E-state index in [4.69, 9.17) is 16.3 Å². The Morgan fingerprint density at radius 2 is 1.55 bits per heavy atom. The van der Waals surface area contributed by atoms with Crippen molar-refractivity contribution < 1.29 is 17.9 Å². The van der Waals surface area contributed by atoms with E-state index in [1.165, 1.54) is 12.1 Å². The number of hydrogen-bond donors (Lipinski definition) is 2. The molecule has 0 aromatic heterocycles. The number of fused-ring (bicyclic) bond motifs is 2. The number of sulfonamides is 1. The summed E-state index contributed by atoms with van der Waals surface area (Å²) in [7, 11) is -3.46. The first-order valence-corrected chi connectivity index (χ1v) is 11.0. The number of carbonyl (C=O) groups is 1. The molecule has 1 amide bonds.